The van der Waals surface area contributed by atoms with Gasteiger partial charge in [-0.1, -0.05) is 66.7 Å². The number of rotatable bonds is 5. The number of fused-ring (bicyclic) bond motifs is 2. The van der Waals surface area contributed by atoms with Crippen molar-refractivity contribution in [3.63, 3.8) is 0 Å². The van der Waals surface area contributed by atoms with E-state index >= 15 is 0 Å². The minimum atomic E-state index is -0.605. The molecule has 0 N–H and O–H groups in total. The van der Waals surface area contributed by atoms with Crippen molar-refractivity contribution in [3.05, 3.63) is 107 Å². The first-order chi connectivity index (χ1) is 14.2. The standard InChI is InChI=1S/C24H19NO4/c26-23-19-12-6-4-10-17(19)21(28-23)25(15-14-16-8-2-1-3-9-16)22-18-11-5-7-13-20(18)24(27)29-22/h1-13,21-22H,14-15H2. The van der Waals surface area contributed by atoms with E-state index in [0.717, 1.165) is 23.1 Å². The van der Waals surface area contributed by atoms with Gasteiger partial charge in [-0.3, -0.25) is 0 Å². The van der Waals surface area contributed by atoms with E-state index in [1.807, 2.05) is 59.5 Å². The number of benzene rings is 3. The summed E-state index contributed by atoms with van der Waals surface area (Å²) in [7, 11) is 0. The average molecular weight is 385 g/mol. The van der Waals surface area contributed by atoms with Crippen molar-refractivity contribution in [2.75, 3.05) is 6.54 Å². The molecule has 29 heavy (non-hydrogen) atoms. The zero-order chi connectivity index (χ0) is 19.8. The van der Waals surface area contributed by atoms with Gasteiger partial charge in [-0.15, -0.1) is 0 Å². The molecule has 5 nitrogen and oxygen atoms in total. The van der Waals surface area contributed by atoms with Crippen molar-refractivity contribution in [3.8, 4) is 0 Å². The lowest BCUT2D eigenvalue weighted by atomic mass is 10.0. The topological polar surface area (TPSA) is 55.8 Å². The summed E-state index contributed by atoms with van der Waals surface area (Å²) in [5, 5.41) is 0. The molecule has 0 aromatic heterocycles. The molecule has 2 heterocycles. The van der Waals surface area contributed by atoms with E-state index in [-0.39, 0.29) is 11.9 Å². The fourth-order valence-corrected chi connectivity index (χ4v) is 4.01. The molecule has 0 spiro atoms. The maximum Gasteiger partial charge on any atom is 0.340 e. The number of cyclic esters (lactones) is 2. The van der Waals surface area contributed by atoms with Gasteiger partial charge >= 0.3 is 11.9 Å². The zero-order valence-corrected chi connectivity index (χ0v) is 15.7. The van der Waals surface area contributed by atoms with Crippen molar-refractivity contribution in [2.45, 2.75) is 18.9 Å². The van der Waals surface area contributed by atoms with Gasteiger partial charge in [0.2, 0.25) is 0 Å². The predicted molar refractivity (Wildman–Crippen MR) is 106 cm³/mol. The summed E-state index contributed by atoms with van der Waals surface area (Å²) in [6, 6.07) is 24.8. The molecule has 0 aliphatic carbocycles. The van der Waals surface area contributed by atoms with Crippen LogP contribution in [0.4, 0.5) is 0 Å². The lowest BCUT2D eigenvalue weighted by molar-refractivity contribution is -0.107. The second-order valence-corrected chi connectivity index (χ2v) is 7.16. The maximum atomic E-state index is 12.4. The highest BCUT2D eigenvalue weighted by molar-refractivity contribution is 5.95. The SMILES string of the molecule is O=C1OC(N(CCc2ccccc2)C2OC(=O)c3ccccc32)c2ccccc21. The van der Waals surface area contributed by atoms with Crippen LogP contribution in [0.1, 0.15) is 49.9 Å². The first-order valence-corrected chi connectivity index (χ1v) is 9.62. The number of carbonyl (C=O) groups is 2. The molecule has 0 amide bonds. The molecule has 0 fully saturated rings. The van der Waals surface area contributed by atoms with E-state index in [1.54, 1.807) is 12.1 Å². The summed E-state index contributed by atoms with van der Waals surface area (Å²) in [5.74, 6) is -0.708. The highest BCUT2D eigenvalue weighted by Gasteiger charge is 2.43. The van der Waals surface area contributed by atoms with E-state index in [9.17, 15) is 9.59 Å². The quantitative estimate of drug-likeness (QED) is 0.614. The molecule has 2 aliphatic heterocycles. The number of nitrogens with zero attached hydrogens (tertiary/aromatic N) is 1. The Labute approximate surface area is 168 Å². The molecule has 0 saturated carbocycles. The van der Waals surface area contributed by atoms with Crippen LogP contribution in [0.15, 0.2) is 78.9 Å². The third-order valence-corrected chi connectivity index (χ3v) is 5.43. The molecule has 0 radical (unpaired) electrons. The molecular formula is C24H19NO4. The number of hydrogen-bond acceptors (Lipinski definition) is 5. The molecule has 5 rings (SSSR count). The van der Waals surface area contributed by atoms with Crippen LogP contribution in [0, 0.1) is 0 Å². The maximum absolute atomic E-state index is 12.4. The van der Waals surface area contributed by atoms with Gasteiger partial charge in [-0.05, 0) is 24.1 Å². The van der Waals surface area contributed by atoms with Gasteiger partial charge in [0.1, 0.15) is 0 Å². The van der Waals surface area contributed by atoms with E-state index in [0.29, 0.717) is 17.7 Å². The van der Waals surface area contributed by atoms with Crippen LogP contribution in [0.3, 0.4) is 0 Å². The van der Waals surface area contributed by atoms with E-state index in [2.05, 4.69) is 12.1 Å². The fraction of sp³-hybridized carbons (Fsp3) is 0.167. The lowest BCUT2D eigenvalue weighted by Crippen LogP contribution is -2.35. The Kier molecular flexibility index (Phi) is 4.37. The lowest BCUT2D eigenvalue weighted by Gasteiger charge is -2.32. The molecule has 0 bridgehead atoms. The second-order valence-electron chi connectivity index (χ2n) is 7.16. The van der Waals surface area contributed by atoms with Crippen molar-refractivity contribution in [1.82, 2.24) is 4.90 Å². The molecule has 3 aromatic rings. The van der Waals surface area contributed by atoms with Crippen molar-refractivity contribution in [1.29, 1.82) is 0 Å². The molecule has 3 aromatic carbocycles. The van der Waals surface area contributed by atoms with Gasteiger partial charge in [0.25, 0.3) is 0 Å². The van der Waals surface area contributed by atoms with Crippen LogP contribution in [-0.2, 0) is 15.9 Å². The molecule has 2 atom stereocenters. The number of hydrogen-bond donors (Lipinski definition) is 0. The summed E-state index contributed by atoms with van der Waals surface area (Å²) in [5.41, 5.74) is 3.87. The first-order valence-electron chi connectivity index (χ1n) is 9.62. The van der Waals surface area contributed by atoms with Gasteiger partial charge in [0.05, 0.1) is 11.1 Å². The molecule has 2 aliphatic rings. The smallest absolute Gasteiger partial charge is 0.340 e. The predicted octanol–water partition coefficient (Wildman–Crippen LogP) is 4.27. The third-order valence-electron chi connectivity index (χ3n) is 5.43. The summed E-state index contributed by atoms with van der Waals surface area (Å²) in [4.78, 5) is 26.8. The molecule has 0 saturated heterocycles. The Morgan fingerprint density at radius 3 is 1.69 bits per heavy atom. The summed E-state index contributed by atoms with van der Waals surface area (Å²) >= 11 is 0. The van der Waals surface area contributed by atoms with E-state index in [4.69, 9.17) is 9.47 Å². The first kappa shape index (κ1) is 17.6. The van der Waals surface area contributed by atoms with Gasteiger partial charge in [-0.2, -0.15) is 0 Å². The fourth-order valence-electron chi connectivity index (χ4n) is 4.01. The largest absolute Gasteiger partial charge is 0.438 e. The average Bonchev–Trinajstić information content (AvgIpc) is 3.27. The van der Waals surface area contributed by atoms with Crippen LogP contribution in [0.2, 0.25) is 0 Å². The Hall–Kier alpha value is -3.44. The monoisotopic (exact) mass is 385 g/mol. The number of ether oxygens (including phenoxy) is 2. The van der Waals surface area contributed by atoms with E-state index < -0.39 is 12.5 Å². The Balaban J connectivity index is 1.52. The Bertz CT molecular complexity index is 1010. The van der Waals surface area contributed by atoms with Crippen LogP contribution >= 0.6 is 0 Å². The van der Waals surface area contributed by atoms with Crippen molar-refractivity contribution < 1.29 is 19.1 Å². The van der Waals surface area contributed by atoms with Crippen LogP contribution in [-0.4, -0.2) is 23.4 Å². The third kappa shape index (κ3) is 3.09. The highest BCUT2D eigenvalue weighted by atomic mass is 16.6. The van der Waals surface area contributed by atoms with E-state index in [1.165, 1.54) is 0 Å². The molecule has 5 heteroatoms. The van der Waals surface area contributed by atoms with Crippen LogP contribution in [0.5, 0.6) is 0 Å². The highest BCUT2D eigenvalue weighted by Crippen LogP contribution is 2.42. The van der Waals surface area contributed by atoms with Crippen molar-refractivity contribution in [2.24, 2.45) is 0 Å². The molecular weight excluding hydrogens is 366 g/mol. The van der Waals surface area contributed by atoms with Gasteiger partial charge in [0.15, 0.2) is 12.5 Å². The van der Waals surface area contributed by atoms with Gasteiger partial charge in [0, 0.05) is 17.7 Å². The number of carbonyl (C=O) groups excluding carboxylic acids is 2. The Morgan fingerprint density at radius 1 is 0.655 bits per heavy atom. The summed E-state index contributed by atoms with van der Waals surface area (Å²) < 4.78 is 11.5. The number of esters is 2. The van der Waals surface area contributed by atoms with Crippen LogP contribution in [0.25, 0.3) is 0 Å². The van der Waals surface area contributed by atoms with Gasteiger partial charge < -0.3 is 9.47 Å². The summed E-state index contributed by atoms with van der Waals surface area (Å²) in [6.45, 7) is 0.558. The Morgan fingerprint density at radius 2 is 1.14 bits per heavy atom. The normalized spacial score (nSPS) is 19.6. The van der Waals surface area contributed by atoms with Gasteiger partial charge in [-0.25, -0.2) is 14.5 Å². The minimum absolute atomic E-state index is 0.354. The minimum Gasteiger partial charge on any atom is -0.438 e. The summed E-state index contributed by atoms with van der Waals surface area (Å²) in [6.07, 6.45) is -0.481. The molecule has 144 valence electrons. The zero-order valence-electron chi connectivity index (χ0n) is 15.7. The second kappa shape index (κ2) is 7.18. The van der Waals surface area contributed by atoms with Crippen LogP contribution < -0.4 is 0 Å². The van der Waals surface area contributed by atoms with Crippen molar-refractivity contribution >= 4 is 11.9 Å². The molecule has 2 unspecified atom stereocenters.